The Balaban J connectivity index is 1.84. The lowest BCUT2D eigenvalue weighted by molar-refractivity contribution is -0.121. The van der Waals surface area contributed by atoms with E-state index in [9.17, 15) is 9.59 Å². The Labute approximate surface area is 157 Å². The molecule has 0 spiro atoms. The summed E-state index contributed by atoms with van der Waals surface area (Å²) in [5.41, 5.74) is 2.51. The number of aromatic nitrogens is 4. The number of benzene rings is 1. The van der Waals surface area contributed by atoms with Crippen LogP contribution >= 0.6 is 0 Å². The molecule has 0 aliphatic carbocycles. The zero-order chi connectivity index (χ0) is 19.6. The summed E-state index contributed by atoms with van der Waals surface area (Å²) in [6.07, 6.45) is 0.870. The zero-order valence-corrected chi connectivity index (χ0v) is 16.1. The third-order valence-electron chi connectivity index (χ3n) is 4.91. The second-order valence-corrected chi connectivity index (χ2v) is 6.96. The molecule has 0 bridgehead atoms. The fraction of sp³-hybridized carbons (Fsp3) is 0.400. The van der Waals surface area contributed by atoms with E-state index in [2.05, 4.69) is 39.1 Å². The molecule has 3 rings (SSSR count). The van der Waals surface area contributed by atoms with Gasteiger partial charge in [-0.15, -0.1) is 0 Å². The van der Waals surface area contributed by atoms with Gasteiger partial charge in [-0.3, -0.25) is 9.59 Å². The number of nitrogens with zero attached hydrogens (tertiary/aromatic N) is 2. The van der Waals surface area contributed by atoms with Crippen molar-refractivity contribution < 1.29 is 4.79 Å². The molecule has 0 unspecified atom stereocenters. The van der Waals surface area contributed by atoms with E-state index in [0.717, 1.165) is 23.3 Å². The summed E-state index contributed by atoms with van der Waals surface area (Å²) in [4.78, 5) is 39.7. The quantitative estimate of drug-likeness (QED) is 0.623. The van der Waals surface area contributed by atoms with Crippen LogP contribution in [0.3, 0.4) is 0 Å². The van der Waals surface area contributed by atoms with Gasteiger partial charge in [0.25, 0.3) is 5.56 Å². The number of para-hydroxylation sites is 2. The molecule has 7 heteroatoms. The highest BCUT2D eigenvalue weighted by molar-refractivity contribution is 5.79. The number of hydrogen-bond acceptors (Lipinski definition) is 4. The van der Waals surface area contributed by atoms with Crippen LogP contribution in [0.5, 0.6) is 0 Å². The van der Waals surface area contributed by atoms with Crippen molar-refractivity contribution in [1.29, 1.82) is 0 Å². The van der Waals surface area contributed by atoms with Crippen LogP contribution in [0, 0.1) is 19.8 Å². The fourth-order valence-corrected chi connectivity index (χ4v) is 3.18. The van der Waals surface area contributed by atoms with Gasteiger partial charge in [0.05, 0.1) is 23.5 Å². The fourth-order valence-electron chi connectivity index (χ4n) is 3.18. The van der Waals surface area contributed by atoms with Gasteiger partial charge in [0.1, 0.15) is 11.6 Å². The molecule has 27 heavy (non-hydrogen) atoms. The molecule has 2 aromatic heterocycles. The van der Waals surface area contributed by atoms with Crippen molar-refractivity contribution in [3.8, 4) is 0 Å². The predicted molar refractivity (Wildman–Crippen MR) is 104 cm³/mol. The zero-order valence-electron chi connectivity index (χ0n) is 16.1. The second-order valence-electron chi connectivity index (χ2n) is 6.96. The number of amides is 1. The number of rotatable bonds is 6. The third-order valence-corrected chi connectivity index (χ3v) is 4.91. The van der Waals surface area contributed by atoms with Crippen LogP contribution in [-0.2, 0) is 11.2 Å². The number of imidazole rings is 1. The first-order valence-corrected chi connectivity index (χ1v) is 9.19. The van der Waals surface area contributed by atoms with Gasteiger partial charge in [-0.25, -0.2) is 9.97 Å². The largest absolute Gasteiger partial charge is 0.346 e. The summed E-state index contributed by atoms with van der Waals surface area (Å²) < 4.78 is 0. The van der Waals surface area contributed by atoms with Gasteiger partial charge in [-0.2, -0.15) is 0 Å². The Kier molecular flexibility index (Phi) is 5.39. The molecule has 3 aromatic rings. The Bertz CT molecular complexity index is 988. The summed E-state index contributed by atoms with van der Waals surface area (Å²) in [7, 11) is 0. The average Bonchev–Trinajstić information content (AvgIpc) is 3.05. The molecule has 3 N–H and O–H groups in total. The van der Waals surface area contributed by atoms with Gasteiger partial charge < -0.3 is 15.3 Å². The van der Waals surface area contributed by atoms with Crippen molar-refractivity contribution in [2.24, 2.45) is 5.92 Å². The molecular weight excluding hydrogens is 342 g/mol. The SMILES string of the molecule is CC[C@H](C)[C@@H](NC(=O)Cc1c(C)nc(C)[nH]c1=O)c1nc2ccccc2[nH]1. The Morgan fingerprint density at radius 1 is 1.19 bits per heavy atom. The molecular formula is C20H25N5O2. The van der Waals surface area contributed by atoms with Crippen molar-refractivity contribution in [3.05, 3.63) is 57.5 Å². The van der Waals surface area contributed by atoms with E-state index in [1.54, 1.807) is 13.8 Å². The summed E-state index contributed by atoms with van der Waals surface area (Å²) >= 11 is 0. The van der Waals surface area contributed by atoms with Crippen LogP contribution in [0.2, 0.25) is 0 Å². The molecule has 142 valence electrons. The van der Waals surface area contributed by atoms with E-state index in [4.69, 9.17) is 0 Å². The molecule has 0 saturated carbocycles. The molecule has 0 radical (unpaired) electrons. The maximum absolute atomic E-state index is 12.7. The van der Waals surface area contributed by atoms with Gasteiger partial charge in [0.2, 0.25) is 5.91 Å². The highest BCUT2D eigenvalue weighted by Gasteiger charge is 2.24. The lowest BCUT2D eigenvalue weighted by atomic mass is 9.98. The number of fused-ring (bicyclic) bond motifs is 1. The van der Waals surface area contributed by atoms with Gasteiger partial charge >= 0.3 is 0 Å². The minimum atomic E-state index is -0.265. The predicted octanol–water partition coefficient (Wildman–Crippen LogP) is 2.71. The van der Waals surface area contributed by atoms with Crippen molar-refractivity contribution in [1.82, 2.24) is 25.3 Å². The van der Waals surface area contributed by atoms with E-state index in [-0.39, 0.29) is 29.8 Å². The highest BCUT2D eigenvalue weighted by Crippen LogP contribution is 2.24. The van der Waals surface area contributed by atoms with E-state index in [1.807, 2.05) is 24.3 Å². The lowest BCUT2D eigenvalue weighted by Crippen LogP contribution is -2.35. The number of aryl methyl sites for hydroxylation is 2. The normalized spacial score (nSPS) is 13.5. The van der Waals surface area contributed by atoms with Crippen molar-refractivity contribution in [2.75, 3.05) is 0 Å². The highest BCUT2D eigenvalue weighted by atomic mass is 16.2. The molecule has 7 nitrogen and oxygen atoms in total. The summed E-state index contributed by atoms with van der Waals surface area (Å²) in [5.74, 6) is 1.23. The minimum absolute atomic E-state index is 0.0123. The molecule has 2 heterocycles. The van der Waals surface area contributed by atoms with Crippen molar-refractivity contribution >= 4 is 16.9 Å². The van der Waals surface area contributed by atoms with Gasteiger partial charge in [-0.1, -0.05) is 32.4 Å². The Morgan fingerprint density at radius 2 is 1.93 bits per heavy atom. The van der Waals surface area contributed by atoms with Crippen LogP contribution in [-0.4, -0.2) is 25.8 Å². The van der Waals surface area contributed by atoms with Crippen molar-refractivity contribution in [3.63, 3.8) is 0 Å². The molecule has 0 aliphatic heterocycles. The lowest BCUT2D eigenvalue weighted by Gasteiger charge is -2.22. The monoisotopic (exact) mass is 367 g/mol. The van der Waals surface area contributed by atoms with Crippen LogP contribution in [0.25, 0.3) is 11.0 Å². The number of aromatic amines is 2. The van der Waals surface area contributed by atoms with Crippen LogP contribution in [0.4, 0.5) is 0 Å². The van der Waals surface area contributed by atoms with Gasteiger partial charge in [0, 0.05) is 11.3 Å². The first-order chi connectivity index (χ1) is 12.9. The van der Waals surface area contributed by atoms with E-state index >= 15 is 0 Å². The first-order valence-electron chi connectivity index (χ1n) is 9.19. The Morgan fingerprint density at radius 3 is 2.59 bits per heavy atom. The van der Waals surface area contributed by atoms with Crippen LogP contribution in [0.15, 0.2) is 29.1 Å². The number of hydrogen-bond donors (Lipinski definition) is 3. The molecule has 2 atom stereocenters. The molecule has 0 aliphatic rings. The number of nitrogens with one attached hydrogen (secondary N) is 3. The summed E-state index contributed by atoms with van der Waals surface area (Å²) in [6.45, 7) is 7.61. The number of carbonyl (C=O) groups is 1. The van der Waals surface area contributed by atoms with Crippen LogP contribution < -0.4 is 10.9 Å². The average molecular weight is 367 g/mol. The number of H-pyrrole nitrogens is 2. The summed E-state index contributed by atoms with van der Waals surface area (Å²) in [5, 5.41) is 3.05. The summed E-state index contributed by atoms with van der Waals surface area (Å²) in [6, 6.07) is 7.52. The maximum atomic E-state index is 12.7. The first kappa shape index (κ1) is 18.8. The molecule has 0 fully saturated rings. The second kappa shape index (κ2) is 7.73. The van der Waals surface area contributed by atoms with Crippen LogP contribution in [0.1, 0.15) is 49.2 Å². The van der Waals surface area contributed by atoms with Gasteiger partial charge in [0.15, 0.2) is 0 Å². The molecule has 1 amide bonds. The Hall–Kier alpha value is -2.96. The standard InChI is InChI=1S/C20H25N5O2/c1-5-11(2)18(19-23-15-8-6-7-9-16(15)24-19)25-17(26)10-14-12(3)21-13(4)22-20(14)27/h6-9,11,18H,5,10H2,1-4H3,(H,23,24)(H,25,26)(H,21,22,27)/t11-,18+/m0/s1. The van der Waals surface area contributed by atoms with E-state index in [1.165, 1.54) is 0 Å². The minimum Gasteiger partial charge on any atom is -0.346 e. The topological polar surface area (TPSA) is 104 Å². The molecule has 1 aromatic carbocycles. The maximum Gasteiger partial charge on any atom is 0.254 e. The number of carbonyl (C=O) groups excluding carboxylic acids is 1. The third kappa shape index (κ3) is 4.07. The molecule has 0 saturated heterocycles. The van der Waals surface area contributed by atoms with Gasteiger partial charge in [-0.05, 0) is 31.9 Å². The van der Waals surface area contributed by atoms with Crippen molar-refractivity contribution in [2.45, 2.75) is 46.6 Å². The smallest absolute Gasteiger partial charge is 0.254 e. The van der Waals surface area contributed by atoms with E-state index in [0.29, 0.717) is 17.1 Å². The van der Waals surface area contributed by atoms with E-state index < -0.39 is 0 Å².